The van der Waals surface area contributed by atoms with Crippen LogP contribution in [0, 0.1) is 0 Å². The highest BCUT2D eigenvalue weighted by Gasteiger charge is 2.01. The molecule has 0 aliphatic heterocycles. The van der Waals surface area contributed by atoms with E-state index in [1.165, 1.54) is 36.9 Å². The van der Waals surface area contributed by atoms with Crippen LogP contribution in [-0.2, 0) is 0 Å². The lowest BCUT2D eigenvalue weighted by Gasteiger charge is -2.17. The SMILES string of the molecule is CCN(CC)CCCCCCOc1ccc(-c2ccc(OC)cc2)cc1. The second kappa shape index (κ2) is 11.6. The van der Waals surface area contributed by atoms with Gasteiger partial charge < -0.3 is 14.4 Å². The average Bonchev–Trinajstić information content (AvgIpc) is 2.71. The van der Waals surface area contributed by atoms with Gasteiger partial charge in [0, 0.05) is 0 Å². The molecule has 0 bridgehead atoms. The number of nitrogens with zero attached hydrogens (tertiary/aromatic N) is 1. The number of hydrogen-bond donors (Lipinski definition) is 0. The molecule has 0 unspecified atom stereocenters. The first-order chi connectivity index (χ1) is 12.8. The zero-order valence-electron chi connectivity index (χ0n) is 16.5. The van der Waals surface area contributed by atoms with Gasteiger partial charge in [0.05, 0.1) is 13.7 Å². The number of methoxy groups -OCH3 is 1. The van der Waals surface area contributed by atoms with Crippen LogP contribution in [0.3, 0.4) is 0 Å². The maximum absolute atomic E-state index is 5.87. The van der Waals surface area contributed by atoms with Crippen LogP contribution < -0.4 is 9.47 Å². The number of benzene rings is 2. The molecule has 0 aliphatic carbocycles. The van der Waals surface area contributed by atoms with Crippen LogP contribution in [0.15, 0.2) is 48.5 Å². The summed E-state index contributed by atoms with van der Waals surface area (Å²) >= 11 is 0. The van der Waals surface area contributed by atoms with Crippen molar-refractivity contribution in [2.75, 3.05) is 33.4 Å². The molecule has 0 saturated carbocycles. The topological polar surface area (TPSA) is 21.7 Å². The van der Waals surface area contributed by atoms with E-state index >= 15 is 0 Å². The zero-order valence-corrected chi connectivity index (χ0v) is 16.5. The molecule has 0 fully saturated rings. The van der Waals surface area contributed by atoms with Crippen molar-refractivity contribution in [2.24, 2.45) is 0 Å². The minimum absolute atomic E-state index is 0.799. The van der Waals surface area contributed by atoms with E-state index < -0.39 is 0 Å². The predicted molar refractivity (Wildman–Crippen MR) is 110 cm³/mol. The van der Waals surface area contributed by atoms with Crippen LogP contribution >= 0.6 is 0 Å². The largest absolute Gasteiger partial charge is 0.497 e. The van der Waals surface area contributed by atoms with Gasteiger partial charge in [0.15, 0.2) is 0 Å². The normalized spacial score (nSPS) is 10.9. The highest BCUT2D eigenvalue weighted by molar-refractivity contribution is 5.64. The summed E-state index contributed by atoms with van der Waals surface area (Å²) in [5.74, 6) is 1.83. The molecule has 2 aromatic carbocycles. The Morgan fingerprint density at radius 1 is 0.692 bits per heavy atom. The van der Waals surface area contributed by atoms with Gasteiger partial charge in [-0.2, -0.15) is 0 Å². The summed E-state index contributed by atoms with van der Waals surface area (Å²) in [6.07, 6.45) is 4.94. The molecule has 0 N–H and O–H groups in total. The third-order valence-electron chi connectivity index (χ3n) is 4.81. The van der Waals surface area contributed by atoms with Crippen LogP contribution in [0.5, 0.6) is 11.5 Å². The lowest BCUT2D eigenvalue weighted by atomic mass is 10.1. The van der Waals surface area contributed by atoms with Gasteiger partial charge in [0.25, 0.3) is 0 Å². The maximum atomic E-state index is 5.87. The van der Waals surface area contributed by atoms with Gasteiger partial charge >= 0.3 is 0 Å². The number of ether oxygens (including phenoxy) is 2. The Labute approximate surface area is 158 Å². The maximum Gasteiger partial charge on any atom is 0.119 e. The molecule has 3 nitrogen and oxygen atoms in total. The molecule has 26 heavy (non-hydrogen) atoms. The summed E-state index contributed by atoms with van der Waals surface area (Å²) in [6, 6.07) is 16.5. The molecule has 0 saturated heterocycles. The minimum Gasteiger partial charge on any atom is -0.497 e. The van der Waals surface area contributed by atoms with E-state index in [4.69, 9.17) is 9.47 Å². The van der Waals surface area contributed by atoms with E-state index in [9.17, 15) is 0 Å². The summed E-state index contributed by atoms with van der Waals surface area (Å²) in [4.78, 5) is 2.49. The van der Waals surface area contributed by atoms with Gasteiger partial charge in [-0.05, 0) is 67.9 Å². The van der Waals surface area contributed by atoms with E-state index in [0.29, 0.717) is 0 Å². The third-order valence-corrected chi connectivity index (χ3v) is 4.81. The second-order valence-corrected chi connectivity index (χ2v) is 6.54. The van der Waals surface area contributed by atoms with Crippen LogP contribution in [0.4, 0.5) is 0 Å². The molecule has 0 radical (unpaired) electrons. The van der Waals surface area contributed by atoms with E-state index in [2.05, 4.69) is 55.1 Å². The molecule has 0 spiro atoms. The fourth-order valence-corrected chi connectivity index (χ4v) is 3.05. The first-order valence-electron chi connectivity index (χ1n) is 9.86. The monoisotopic (exact) mass is 355 g/mol. The van der Waals surface area contributed by atoms with Gasteiger partial charge in [0.1, 0.15) is 11.5 Å². The molecule has 0 aromatic heterocycles. The van der Waals surface area contributed by atoms with Crippen molar-refractivity contribution in [3.63, 3.8) is 0 Å². The molecule has 0 amide bonds. The average molecular weight is 356 g/mol. The van der Waals surface area contributed by atoms with Crippen LogP contribution in [0.1, 0.15) is 39.5 Å². The van der Waals surface area contributed by atoms with Gasteiger partial charge in [-0.3, -0.25) is 0 Å². The fraction of sp³-hybridized carbons (Fsp3) is 0.478. The van der Waals surface area contributed by atoms with Gasteiger partial charge in [-0.1, -0.05) is 51.0 Å². The zero-order chi connectivity index (χ0) is 18.6. The Kier molecular flexibility index (Phi) is 9.05. The van der Waals surface area contributed by atoms with Crippen LogP contribution in [-0.4, -0.2) is 38.3 Å². The first kappa shape index (κ1) is 20.3. The summed E-state index contributed by atoms with van der Waals surface area (Å²) in [5, 5.41) is 0. The third kappa shape index (κ3) is 6.72. The first-order valence-corrected chi connectivity index (χ1v) is 9.86. The summed E-state index contributed by atoms with van der Waals surface area (Å²) in [5.41, 5.74) is 2.38. The van der Waals surface area contributed by atoms with E-state index in [1.807, 2.05) is 12.1 Å². The number of rotatable bonds is 12. The van der Waals surface area contributed by atoms with Crippen molar-refractivity contribution in [3.05, 3.63) is 48.5 Å². The Morgan fingerprint density at radius 2 is 1.23 bits per heavy atom. The number of unbranched alkanes of at least 4 members (excludes halogenated alkanes) is 3. The van der Waals surface area contributed by atoms with Crippen molar-refractivity contribution in [3.8, 4) is 22.6 Å². The quantitative estimate of drug-likeness (QED) is 0.460. The molecule has 2 rings (SSSR count). The molecular formula is C23H33NO2. The Balaban J connectivity index is 1.66. The van der Waals surface area contributed by atoms with Gasteiger partial charge in [-0.15, -0.1) is 0 Å². The molecule has 0 aliphatic rings. The smallest absolute Gasteiger partial charge is 0.119 e. The minimum atomic E-state index is 0.799. The van der Waals surface area contributed by atoms with Gasteiger partial charge in [0.2, 0.25) is 0 Å². The van der Waals surface area contributed by atoms with Crippen molar-refractivity contribution in [2.45, 2.75) is 39.5 Å². The van der Waals surface area contributed by atoms with Crippen LogP contribution in [0.25, 0.3) is 11.1 Å². The molecule has 0 atom stereocenters. The number of hydrogen-bond acceptors (Lipinski definition) is 3. The van der Waals surface area contributed by atoms with E-state index in [-0.39, 0.29) is 0 Å². The highest BCUT2D eigenvalue weighted by Crippen LogP contribution is 2.24. The second-order valence-electron chi connectivity index (χ2n) is 6.54. The Morgan fingerprint density at radius 3 is 1.77 bits per heavy atom. The van der Waals surface area contributed by atoms with Crippen molar-refractivity contribution in [1.82, 2.24) is 4.90 Å². The molecular weight excluding hydrogens is 322 g/mol. The molecule has 3 heteroatoms. The Hall–Kier alpha value is -2.00. The van der Waals surface area contributed by atoms with E-state index in [0.717, 1.165) is 37.6 Å². The molecule has 2 aromatic rings. The molecule has 0 heterocycles. The van der Waals surface area contributed by atoms with Gasteiger partial charge in [-0.25, -0.2) is 0 Å². The Bertz CT molecular complexity index is 603. The highest BCUT2D eigenvalue weighted by atomic mass is 16.5. The lowest BCUT2D eigenvalue weighted by molar-refractivity contribution is 0.284. The standard InChI is InChI=1S/C23H33NO2/c1-4-24(5-2)18-8-6-7-9-19-26-23-16-12-21(13-17-23)20-10-14-22(25-3)15-11-20/h10-17H,4-9,18-19H2,1-3H3. The van der Waals surface area contributed by atoms with Crippen molar-refractivity contribution >= 4 is 0 Å². The van der Waals surface area contributed by atoms with Crippen molar-refractivity contribution < 1.29 is 9.47 Å². The lowest BCUT2D eigenvalue weighted by Crippen LogP contribution is -2.23. The van der Waals surface area contributed by atoms with Crippen molar-refractivity contribution in [1.29, 1.82) is 0 Å². The fourth-order valence-electron chi connectivity index (χ4n) is 3.05. The van der Waals surface area contributed by atoms with E-state index in [1.54, 1.807) is 7.11 Å². The molecule has 142 valence electrons. The summed E-state index contributed by atoms with van der Waals surface area (Å²) in [7, 11) is 1.69. The van der Waals surface area contributed by atoms with Crippen LogP contribution in [0.2, 0.25) is 0 Å². The summed E-state index contributed by atoms with van der Waals surface area (Å²) in [6.45, 7) is 8.81. The predicted octanol–water partition coefficient (Wildman–Crippen LogP) is 5.64. The summed E-state index contributed by atoms with van der Waals surface area (Å²) < 4.78 is 11.1.